The second-order valence-electron chi connectivity index (χ2n) is 15.1. The van der Waals surface area contributed by atoms with Crippen molar-refractivity contribution in [3.8, 4) is 11.1 Å². The van der Waals surface area contributed by atoms with Crippen LogP contribution in [0.25, 0.3) is 11.1 Å². The first kappa shape index (κ1) is 28.4. The second-order valence-corrected chi connectivity index (χ2v) is 15.1. The molecule has 4 unspecified atom stereocenters. The maximum absolute atomic E-state index is 2.48. The van der Waals surface area contributed by atoms with Crippen LogP contribution in [0, 0.1) is 58.2 Å². The van der Waals surface area contributed by atoms with Crippen molar-refractivity contribution >= 4 is 0 Å². The Labute approximate surface area is 266 Å². The van der Waals surface area contributed by atoms with E-state index in [0.717, 1.165) is 0 Å². The van der Waals surface area contributed by atoms with Crippen molar-refractivity contribution in [2.24, 2.45) is 34.5 Å². The minimum Gasteiger partial charge on any atom is -0.0622 e. The fraction of sp³-hybridized carbons (Fsp3) is 0.364. The van der Waals surface area contributed by atoms with E-state index in [4.69, 9.17) is 0 Å². The molecule has 8 rings (SSSR count). The van der Waals surface area contributed by atoms with Gasteiger partial charge in [0.1, 0.15) is 0 Å². The molecule has 4 saturated carbocycles. The van der Waals surface area contributed by atoms with Crippen LogP contribution >= 0.6 is 0 Å². The van der Waals surface area contributed by atoms with Crippen molar-refractivity contribution in [1.82, 2.24) is 0 Å². The first-order valence-electron chi connectivity index (χ1n) is 17.2. The van der Waals surface area contributed by atoms with Gasteiger partial charge in [-0.15, -0.1) is 0 Å². The van der Waals surface area contributed by atoms with E-state index >= 15 is 0 Å². The standard InChI is InChI=1S/C44H46/c1-43(2)39(31-13-7-5-8-14-31)35-17-11-19-37(35)41(43)33-25-21-29(22-26-33)30-23-27-34(28-24-30)42-38-20-12-18-36(38)40(44(42,3)4)32-15-9-6-10-16-32/h5-10,13-16,21-28,35-38H,11-12,17-20H2,1-4H3. The summed E-state index contributed by atoms with van der Waals surface area (Å²) < 4.78 is 0. The Hall–Kier alpha value is -3.12. The van der Waals surface area contributed by atoms with Crippen LogP contribution in [-0.4, -0.2) is 0 Å². The molecule has 0 heteroatoms. The Kier molecular flexibility index (Phi) is 6.93. The van der Waals surface area contributed by atoms with Crippen molar-refractivity contribution in [2.45, 2.75) is 66.2 Å². The van der Waals surface area contributed by atoms with E-state index < -0.39 is 0 Å². The predicted octanol–water partition coefficient (Wildman–Crippen LogP) is 11.4. The topological polar surface area (TPSA) is 0 Å². The van der Waals surface area contributed by atoms with Gasteiger partial charge in [-0.1, -0.05) is 150 Å². The molecule has 0 amide bonds. The van der Waals surface area contributed by atoms with Crippen LogP contribution in [0.2, 0.25) is 0 Å². The lowest BCUT2D eigenvalue weighted by atomic mass is 9.68. The molecule has 222 valence electrons. The predicted molar refractivity (Wildman–Crippen MR) is 183 cm³/mol. The summed E-state index contributed by atoms with van der Waals surface area (Å²) in [5, 5.41) is 0. The Morgan fingerprint density at radius 3 is 0.886 bits per heavy atom. The molecule has 0 bridgehead atoms. The van der Waals surface area contributed by atoms with Gasteiger partial charge in [0.15, 0.2) is 0 Å². The minimum absolute atomic E-state index is 0.0826. The van der Waals surface area contributed by atoms with Gasteiger partial charge < -0.3 is 0 Å². The molecule has 0 aliphatic heterocycles. The SMILES string of the molecule is CC1(C)[C](c2ccccc2)C2CCCC2[C]1c1ccc(-c2ccc([C]3C4CCCC4[C](c4ccccc4)C3(C)C)cc2)cc1. The van der Waals surface area contributed by atoms with Crippen molar-refractivity contribution in [2.75, 3.05) is 0 Å². The van der Waals surface area contributed by atoms with Gasteiger partial charge in [-0.05, 0) is 93.6 Å². The summed E-state index contributed by atoms with van der Waals surface area (Å²) in [7, 11) is 0. The van der Waals surface area contributed by atoms with E-state index in [-0.39, 0.29) is 10.8 Å². The van der Waals surface area contributed by atoms with Crippen LogP contribution in [-0.2, 0) is 0 Å². The second kappa shape index (κ2) is 10.8. The van der Waals surface area contributed by atoms with E-state index in [1.165, 1.54) is 71.9 Å². The Bertz CT molecular complexity index is 1450. The van der Waals surface area contributed by atoms with Crippen molar-refractivity contribution in [1.29, 1.82) is 0 Å². The Balaban J connectivity index is 1.06. The molecule has 0 nitrogen and oxygen atoms in total. The summed E-state index contributed by atoms with van der Waals surface area (Å²) >= 11 is 0. The van der Waals surface area contributed by atoms with Gasteiger partial charge in [-0.3, -0.25) is 0 Å². The quantitative estimate of drug-likeness (QED) is 0.222. The summed E-state index contributed by atoms with van der Waals surface area (Å²) in [5.74, 6) is 9.38. The summed E-state index contributed by atoms with van der Waals surface area (Å²) in [6, 6.07) is 41.6. The summed E-state index contributed by atoms with van der Waals surface area (Å²) in [4.78, 5) is 0. The number of benzene rings is 4. The van der Waals surface area contributed by atoms with Gasteiger partial charge in [0, 0.05) is 23.7 Å². The van der Waals surface area contributed by atoms with Gasteiger partial charge in [-0.2, -0.15) is 0 Å². The highest BCUT2D eigenvalue weighted by molar-refractivity contribution is 5.66. The molecule has 4 aliphatic rings. The van der Waals surface area contributed by atoms with Gasteiger partial charge in [0.05, 0.1) is 0 Å². The number of hydrogen-bond donors (Lipinski definition) is 0. The van der Waals surface area contributed by atoms with Crippen LogP contribution in [0.5, 0.6) is 0 Å². The molecule has 44 heavy (non-hydrogen) atoms. The number of fused-ring (bicyclic) bond motifs is 2. The van der Waals surface area contributed by atoms with Crippen LogP contribution in [0.4, 0.5) is 0 Å². The Morgan fingerprint density at radius 1 is 0.341 bits per heavy atom. The third kappa shape index (κ3) is 4.38. The summed E-state index contributed by atoms with van der Waals surface area (Å²) in [6.45, 7) is 9.92. The number of hydrogen-bond acceptors (Lipinski definition) is 0. The van der Waals surface area contributed by atoms with Gasteiger partial charge in [0.25, 0.3) is 0 Å². The highest BCUT2D eigenvalue weighted by atomic mass is 14.6. The van der Waals surface area contributed by atoms with E-state index in [0.29, 0.717) is 23.7 Å². The molecule has 4 fully saturated rings. The van der Waals surface area contributed by atoms with Crippen molar-refractivity contribution in [3.63, 3.8) is 0 Å². The monoisotopic (exact) mass is 574 g/mol. The van der Waals surface area contributed by atoms with Crippen LogP contribution < -0.4 is 0 Å². The third-order valence-corrected chi connectivity index (χ3v) is 12.1. The molecule has 0 saturated heterocycles. The highest BCUT2D eigenvalue weighted by Gasteiger charge is 2.59. The van der Waals surface area contributed by atoms with Gasteiger partial charge >= 0.3 is 0 Å². The molecular weight excluding hydrogens is 528 g/mol. The molecular formula is C44H46. The molecule has 4 aromatic carbocycles. The summed E-state index contributed by atoms with van der Waals surface area (Å²) in [5.41, 5.74) is 8.58. The normalized spacial score (nSPS) is 28.4. The number of rotatable bonds is 5. The van der Waals surface area contributed by atoms with E-state index in [2.05, 4.69) is 137 Å². The molecule has 0 heterocycles. The third-order valence-electron chi connectivity index (χ3n) is 12.1. The maximum Gasteiger partial charge on any atom is 0.0149 e. The first-order valence-corrected chi connectivity index (χ1v) is 17.2. The van der Waals surface area contributed by atoms with Crippen molar-refractivity contribution in [3.05, 3.63) is 155 Å². The fourth-order valence-electron chi connectivity index (χ4n) is 10.7. The van der Waals surface area contributed by atoms with E-state index in [9.17, 15) is 0 Å². The molecule has 4 radical (unpaired) electrons. The lowest BCUT2D eigenvalue weighted by Crippen LogP contribution is -2.26. The van der Waals surface area contributed by atoms with Gasteiger partial charge in [-0.25, -0.2) is 0 Å². The molecule has 4 aliphatic carbocycles. The zero-order chi connectivity index (χ0) is 30.1. The molecule has 4 atom stereocenters. The van der Waals surface area contributed by atoms with E-state index in [1.807, 2.05) is 0 Å². The smallest absolute Gasteiger partial charge is 0.0149 e. The molecule has 0 aromatic heterocycles. The molecule has 0 N–H and O–H groups in total. The maximum atomic E-state index is 2.48. The largest absolute Gasteiger partial charge is 0.0622 e. The zero-order valence-electron chi connectivity index (χ0n) is 26.9. The average Bonchev–Trinajstić information content (AvgIpc) is 3.77. The first-order chi connectivity index (χ1) is 21.4. The van der Waals surface area contributed by atoms with Crippen LogP contribution in [0.1, 0.15) is 88.5 Å². The zero-order valence-corrected chi connectivity index (χ0v) is 26.9. The fourth-order valence-corrected chi connectivity index (χ4v) is 10.7. The molecule has 4 aromatic rings. The van der Waals surface area contributed by atoms with Crippen molar-refractivity contribution < 1.29 is 0 Å². The van der Waals surface area contributed by atoms with Crippen LogP contribution in [0.3, 0.4) is 0 Å². The lowest BCUT2D eigenvalue weighted by molar-refractivity contribution is 0.436. The summed E-state index contributed by atoms with van der Waals surface area (Å²) in [6.07, 6.45) is 7.99. The van der Waals surface area contributed by atoms with Gasteiger partial charge in [0.2, 0.25) is 0 Å². The van der Waals surface area contributed by atoms with Crippen LogP contribution in [0.15, 0.2) is 109 Å². The Morgan fingerprint density at radius 2 is 0.591 bits per heavy atom. The average molecular weight is 575 g/mol. The minimum atomic E-state index is 0.0826. The van der Waals surface area contributed by atoms with E-state index in [1.54, 1.807) is 23.7 Å². The molecule has 0 spiro atoms. The highest BCUT2D eigenvalue weighted by Crippen LogP contribution is 2.67. The lowest BCUT2D eigenvalue weighted by Gasteiger charge is -2.35.